The van der Waals surface area contributed by atoms with Gasteiger partial charge in [-0.1, -0.05) is 6.07 Å². The van der Waals surface area contributed by atoms with Crippen LogP contribution < -0.4 is 5.32 Å². The van der Waals surface area contributed by atoms with Crippen LogP contribution in [0.4, 0.5) is 24.5 Å². The Kier molecular flexibility index (Phi) is 4.79. The Labute approximate surface area is 118 Å². The fraction of sp³-hybridized carbons (Fsp3) is 0.400. The number of nitrogens with zero attached hydrogens (tertiary/aromatic N) is 2. The zero-order valence-corrected chi connectivity index (χ0v) is 11.8. The largest absolute Gasteiger partial charge is 0.402 e. The van der Waals surface area contributed by atoms with Crippen molar-refractivity contribution >= 4 is 21.4 Å². The molecule has 0 atom stereocenters. The molecule has 0 aliphatic rings. The smallest absolute Gasteiger partial charge is 0.383 e. The lowest BCUT2D eigenvalue weighted by molar-refractivity contribution is -0.386. The second kappa shape index (κ2) is 5.85. The van der Waals surface area contributed by atoms with E-state index in [1.165, 1.54) is 19.2 Å². The minimum Gasteiger partial charge on any atom is -0.383 e. The van der Waals surface area contributed by atoms with Crippen molar-refractivity contribution in [1.29, 1.82) is 0 Å². The summed E-state index contributed by atoms with van der Waals surface area (Å²) in [5, 5.41) is 13.4. The van der Waals surface area contributed by atoms with Gasteiger partial charge in [0, 0.05) is 14.1 Å². The van der Waals surface area contributed by atoms with Crippen LogP contribution in [0.15, 0.2) is 23.1 Å². The first-order chi connectivity index (χ1) is 9.50. The second-order valence-corrected chi connectivity index (χ2v) is 6.05. The van der Waals surface area contributed by atoms with Crippen molar-refractivity contribution < 1.29 is 26.5 Å². The summed E-state index contributed by atoms with van der Waals surface area (Å²) in [6.45, 7) is -1.74. The predicted octanol–water partition coefficient (Wildman–Crippen LogP) is 1.82. The Morgan fingerprint density at radius 3 is 2.38 bits per heavy atom. The number of nitro groups is 1. The number of benzene rings is 1. The van der Waals surface area contributed by atoms with Crippen LogP contribution in [0.25, 0.3) is 0 Å². The zero-order chi connectivity index (χ0) is 16.4. The molecule has 1 N–H and O–H groups in total. The number of nitro benzene ring substituents is 1. The van der Waals surface area contributed by atoms with E-state index in [2.05, 4.69) is 5.32 Å². The molecule has 1 rings (SSSR count). The zero-order valence-electron chi connectivity index (χ0n) is 11.0. The predicted molar refractivity (Wildman–Crippen MR) is 68.5 cm³/mol. The van der Waals surface area contributed by atoms with Gasteiger partial charge in [0.05, 0.1) is 4.92 Å². The third kappa shape index (κ3) is 3.82. The van der Waals surface area contributed by atoms with Gasteiger partial charge >= 0.3 is 11.9 Å². The maximum atomic E-state index is 12.3. The van der Waals surface area contributed by atoms with E-state index in [4.69, 9.17) is 0 Å². The van der Waals surface area contributed by atoms with Gasteiger partial charge in [-0.3, -0.25) is 10.1 Å². The normalized spacial score (nSPS) is 12.5. The Bertz CT molecular complexity index is 645. The SMILES string of the molecule is CNc1cccc(S(=O)(=O)N(C)CC(F)(F)F)c1[N+](=O)[O-]. The Morgan fingerprint density at radius 2 is 1.95 bits per heavy atom. The first kappa shape index (κ1) is 17.2. The van der Waals surface area contributed by atoms with Crippen LogP contribution in [-0.2, 0) is 10.0 Å². The number of anilines is 1. The molecule has 0 aliphatic heterocycles. The third-order valence-corrected chi connectivity index (χ3v) is 4.38. The van der Waals surface area contributed by atoms with Crippen LogP contribution >= 0.6 is 0 Å². The van der Waals surface area contributed by atoms with Crippen molar-refractivity contribution in [2.75, 3.05) is 26.0 Å². The van der Waals surface area contributed by atoms with Crippen LogP contribution in [-0.4, -0.2) is 44.5 Å². The molecule has 0 amide bonds. The number of sulfonamides is 1. The molecular weight excluding hydrogens is 315 g/mol. The first-order valence-corrected chi connectivity index (χ1v) is 6.93. The minimum absolute atomic E-state index is 0.0226. The minimum atomic E-state index is -4.75. The van der Waals surface area contributed by atoms with Gasteiger partial charge in [-0.25, -0.2) is 8.42 Å². The van der Waals surface area contributed by atoms with Crippen molar-refractivity contribution in [2.24, 2.45) is 0 Å². The van der Waals surface area contributed by atoms with Crippen LogP contribution in [0.2, 0.25) is 0 Å². The topological polar surface area (TPSA) is 92.6 Å². The second-order valence-electron chi connectivity index (χ2n) is 4.04. The summed E-state index contributed by atoms with van der Waals surface area (Å²) in [5.74, 6) is 0. The fourth-order valence-electron chi connectivity index (χ4n) is 1.63. The summed E-state index contributed by atoms with van der Waals surface area (Å²) in [4.78, 5) is 9.26. The quantitative estimate of drug-likeness (QED) is 0.658. The van der Waals surface area contributed by atoms with Gasteiger partial charge in [0.25, 0.3) is 0 Å². The van der Waals surface area contributed by atoms with E-state index in [9.17, 15) is 31.7 Å². The van der Waals surface area contributed by atoms with Crippen molar-refractivity contribution in [3.8, 4) is 0 Å². The van der Waals surface area contributed by atoms with E-state index in [1.807, 2.05) is 0 Å². The molecule has 118 valence electrons. The average Bonchev–Trinajstić information content (AvgIpc) is 2.35. The molecule has 0 saturated carbocycles. The molecule has 0 bridgehead atoms. The molecule has 1 aromatic rings. The summed E-state index contributed by atoms with van der Waals surface area (Å²) in [7, 11) is -2.61. The van der Waals surface area contributed by atoms with Gasteiger partial charge in [0.2, 0.25) is 10.0 Å². The molecule has 0 aromatic heterocycles. The molecule has 0 saturated heterocycles. The standard InChI is InChI=1S/C10H12F3N3O4S/c1-14-7-4-3-5-8(9(7)16(17)18)21(19,20)15(2)6-10(11,12)13/h3-5,14H,6H2,1-2H3. The van der Waals surface area contributed by atoms with Crippen molar-refractivity contribution in [3.05, 3.63) is 28.3 Å². The Balaban J connectivity index is 3.42. The van der Waals surface area contributed by atoms with Gasteiger partial charge in [0.1, 0.15) is 12.2 Å². The van der Waals surface area contributed by atoms with Crippen LogP contribution in [0.5, 0.6) is 0 Å². The summed E-state index contributed by atoms with van der Waals surface area (Å²) in [6, 6.07) is 3.34. The monoisotopic (exact) mass is 327 g/mol. The maximum absolute atomic E-state index is 12.3. The number of para-hydroxylation sites is 1. The van der Waals surface area contributed by atoms with Crippen LogP contribution in [0.1, 0.15) is 0 Å². The molecule has 0 fully saturated rings. The van der Waals surface area contributed by atoms with E-state index in [1.54, 1.807) is 0 Å². The average molecular weight is 327 g/mol. The van der Waals surface area contributed by atoms with E-state index >= 15 is 0 Å². The molecule has 0 aliphatic carbocycles. The van der Waals surface area contributed by atoms with E-state index in [0.29, 0.717) is 7.05 Å². The Morgan fingerprint density at radius 1 is 1.38 bits per heavy atom. The molecule has 1 aromatic carbocycles. The molecule has 11 heteroatoms. The van der Waals surface area contributed by atoms with E-state index < -0.39 is 38.3 Å². The molecule has 0 spiro atoms. The number of hydrogen-bond acceptors (Lipinski definition) is 5. The number of nitrogens with one attached hydrogen (secondary N) is 1. The lowest BCUT2D eigenvalue weighted by Crippen LogP contribution is -2.36. The summed E-state index contributed by atoms with van der Waals surface area (Å²) < 4.78 is 61.1. The molecular formula is C10H12F3N3O4S. The van der Waals surface area contributed by atoms with Crippen molar-refractivity contribution in [3.63, 3.8) is 0 Å². The van der Waals surface area contributed by atoms with Gasteiger partial charge in [-0.05, 0) is 12.1 Å². The van der Waals surface area contributed by atoms with Gasteiger partial charge < -0.3 is 5.32 Å². The van der Waals surface area contributed by atoms with Gasteiger partial charge in [0.15, 0.2) is 4.90 Å². The molecule has 0 radical (unpaired) electrons. The summed E-state index contributed by atoms with van der Waals surface area (Å²) >= 11 is 0. The van der Waals surface area contributed by atoms with Gasteiger partial charge in [-0.15, -0.1) is 0 Å². The molecule has 0 unspecified atom stereocenters. The van der Waals surface area contributed by atoms with Crippen LogP contribution in [0, 0.1) is 10.1 Å². The number of alkyl halides is 3. The number of hydrogen-bond donors (Lipinski definition) is 1. The highest BCUT2D eigenvalue weighted by molar-refractivity contribution is 7.89. The van der Waals surface area contributed by atoms with Gasteiger partial charge in [-0.2, -0.15) is 17.5 Å². The molecule has 7 nitrogen and oxygen atoms in total. The summed E-state index contributed by atoms with van der Waals surface area (Å²) in [5.41, 5.74) is -0.907. The van der Waals surface area contributed by atoms with Crippen molar-refractivity contribution in [1.82, 2.24) is 4.31 Å². The maximum Gasteiger partial charge on any atom is 0.402 e. The summed E-state index contributed by atoms with van der Waals surface area (Å²) in [6.07, 6.45) is -4.75. The van der Waals surface area contributed by atoms with E-state index in [0.717, 1.165) is 6.07 Å². The molecule has 0 heterocycles. The first-order valence-electron chi connectivity index (χ1n) is 5.49. The number of rotatable bonds is 5. The lowest BCUT2D eigenvalue weighted by atomic mass is 10.3. The lowest BCUT2D eigenvalue weighted by Gasteiger charge is -2.19. The highest BCUT2D eigenvalue weighted by Crippen LogP contribution is 2.33. The highest BCUT2D eigenvalue weighted by atomic mass is 32.2. The third-order valence-electron chi connectivity index (χ3n) is 2.54. The number of halogens is 3. The highest BCUT2D eigenvalue weighted by Gasteiger charge is 2.38. The van der Waals surface area contributed by atoms with Crippen LogP contribution in [0.3, 0.4) is 0 Å². The molecule has 21 heavy (non-hydrogen) atoms. The van der Waals surface area contributed by atoms with E-state index in [-0.39, 0.29) is 9.99 Å². The fourth-order valence-corrected chi connectivity index (χ4v) is 2.96. The Hall–Kier alpha value is -1.88. The van der Waals surface area contributed by atoms with Crippen molar-refractivity contribution in [2.45, 2.75) is 11.1 Å².